The summed E-state index contributed by atoms with van der Waals surface area (Å²) >= 11 is 0. The zero-order valence-corrected chi connectivity index (χ0v) is 14.3. The molecule has 2 fully saturated rings. The molecule has 0 aromatic heterocycles. The Hall–Kier alpha value is -0.660. The van der Waals surface area contributed by atoms with Crippen LogP contribution in [0.3, 0.4) is 0 Å². The zero-order valence-electron chi connectivity index (χ0n) is 13.5. The van der Waals surface area contributed by atoms with E-state index >= 15 is 0 Å². The minimum Gasteiger partial charge on any atom is -0.352 e. The first-order valence-corrected chi connectivity index (χ1v) is 10.1. The number of nitrogens with two attached hydrogens (primary N) is 1. The summed E-state index contributed by atoms with van der Waals surface area (Å²) in [7, 11) is -3.32. The highest BCUT2D eigenvalue weighted by Crippen LogP contribution is 2.23. The third-order valence-corrected chi connectivity index (χ3v) is 6.77. The average Bonchev–Trinajstić information content (AvgIpc) is 2.49. The van der Waals surface area contributed by atoms with Gasteiger partial charge >= 0.3 is 0 Å². The second kappa shape index (κ2) is 7.75. The molecule has 1 amide bonds. The van der Waals surface area contributed by atoms with Crippen LogP contribution in [0.25, 0.3) is 0 Å². The lowest BCUT2D eigenvalue weighted by Gasteiger charge is -2.35. The van der Waals surface area contributed by atoms with Gasteiger partial charge in [0.05, 0.1) is 5.75 Å². The summed E-state index contributed by atoms with van der Waals surface area (Å²) in [5, 5.41) is 3.05. The van der Waals surface area contributed by atoms with Gasteiger partial charge in [0.25, 0.3) is 0 Å². The van der Waals surface area contributed by atoms with E-state index in [9.17, 15) is 13.2 Å². The summed E-state index contributed by atoms with van der Waals surface area (Å²) in [6.07, 6.45) is 6.58. The standard InChI is InChI=1S/C15H29N3O3S/c1-2-11-22(20,21)18-10-4-3-5-14(18)15(19)17-13-8-6-12(16)7-9-13/h12-14H,2-11,16H2,1H3,(H,17,19). The number of nitrogens with one attached hydrogen (secondary N) is 1. The second-order valence-corrected chi connectivity index (χ2v) is 8.60. The van der Waals surface area contributed by atoms with E-state index in [0.717, 1.165) is 38.5 Å². The molecule has 0 aromatic carbocycles. The summed E-state index contributed by atoms with van der Waals surface area (Å²) in [5.41, 5.74) is 5.88. The van der Waals surface area contributed by atoms with Gasteiger partial charge in [-0.3, -0.25) is 4.79 Å². The molecule has 3 N–H and O–H groups in total. The Labute approximate surface area is 133 Å². The number of hydrogen-bond donors (Lipinski definition) is 2. The fourth-order valence-corrected chi connectivity index (χ4v) is 5.18. The fourth-order valence-electron chi connectivity index (χ4n) is 3.44. The van der Waals surface area contributed by atoms with E-state index in [-0.39, 0.29) is 23.7 Å². The van der Waals surface area contributed by atoms with E-state index in [4.69, 9.17) is 5.73 Å². The van der Waals surface area contributed by atoms with Crippen molar-refractivity contribution in [2.45, 2.75) is 76.4 Å². The van der Waals surface area contributed by atoms with Crippen molar-refractivity contribution in [3.8, 4) is 0 Å². The molecule has 0 radical (unpaired) electrons. The van der Waals surface area contributed by atoms with Gasteiger partial charge in [-0.05, 0) is 44.9 Å². The molecule has 0 spiro atoms. The molecule has 2 rings (SSSR count). The SMILES string of the molecule is CCCS(=O)(=O)N1CCCCC1C(=O)NC1CCC(N)CC1. The van der Waals surface area contributed by atoms with Crippen molar-refractivity contribution >= 4 is 15.9 Å². The quantitative estimate of drug-likeness (QED) is 0.785. The minimum absolute atomic E-state index is 0.120. The molecule has 22 heavy (non-hydrogen) atoms. The van der Waals surface area contributed by atoms with Crippen LogP contribution in [-0.4, -0.2) is 49.1 Å². The van der Waals surface area contributed by atoms with E-state index in [1.807, 2.05) is 6.92 Å². The van der Waals surface area contributed by atoms with Gasteiger partial charge in [0.15, 0.2) is 0 Å². The van der Waals surface area contributed by atoms with Gasteiger partial charge in [0.2, 0.25) is 15.9 Å². The Bertz CT molecular complexity index is 472. The maximum atomic E-state index is 12.6. The second-order valence-electron chi connectivity index (χ2n) is 6.56. The summed E-state index contributed by atoms with van der Waals surface area (Å²) in [6.45, 7) is 2.32. The summed E-state index contributed by atoms with van der Waals surface area (Å²) < 4.78 is 26.2. The van der Waals surface area contributed by atoms with Crippen molar-refractivity contribution in [3.63, 3.8) is 0 Å². The molecule has 1 unspecified atom stereocenters. The Morgan fingerprint density at radius 1 is 1.18 bits per heavy atom. The lowest BCUT2D eigenvalue weighted by molar-refractivity contribution is -0.126. The van der Waals surface area contributed by atoms with Gasteiger partial charge in [-0.15, -0.1) is 0 Å². The molecule has 1 saturated heterocycles. The molecular formula is C15H29N3O3S. The highest BCUT2D eigenvalue weighted by molar-refractivity contribution is 7.89. The van der Waals surface area contributed by atoms with E-state index in [0.29, 0.717) is 19.4 Å². The highest BCUT2D eigenvalue weighted by Gasteiger charge is 2.37. The van der Waals surface area contributed by atoms with Crippen LogP contribution in [0.15, 0.2) is 0 Å². The van der Waals surface area contributed by atoms with Crippen LogP contribution in [0.1, 0.15) is 58.3 Å². The van der Waals surface area contributed by atoms with E-state index in [2.05, 4.69) is 5.32 Å². The van der Waals surface area contributed by atoms with Crippen LogP contribution >= 0.6 is 0 Å². The number of carbonyl (C=O) groups is 1. The van der Waals surface area contributed by atoms with Crippen LogP contribution in [0, 0.1) is 0 Å². The third kappa shape index (κ3) is 4.43. The first kappa shape index (κ1) is 17.7. The molecule has 0 aromatic rings. The summed E-state index contributed by atoms with van der Waals surface area (Å²) in [4.78, 5) is 12.6. The Morgan fingerprint density at radius 3 is 2.50 bits per heavy atom. The van der Waals surface area contributed by atoms with Crippen LogP contribution in [0.2, 0.25) is 0 Å². The third-order valence-electron chi connectivity index (χ3n) is 4.69. The van der Waals surface area contributed by atoms with Gasteiger partial charge in [0.1, 0.15) is 6.04 Å². The lowest BCUT2D eigenvalue weighted by atomic mass is 9.91. The summed E-state index contributed by atoms with van der Waals surface area (Å²) in [5.74, 6) is -0.00504. The molecular weight excluding hydrogens is 302 g/mol. The molecule has 2 aliphatic rings. The first-order valence-electron chi connectivity index (χ1n) is 8.49. The summed E-state index contributed by atoms with van der Waals surface area (Å²) in [6, 6.07) is -0.143. The molecule has 1 aliphatic heterocycles. The number of rotatable bonds is 5. The molecule has 1 atom stereocenters. The van der Waals surface area contributed by atoms with Gasteiger partial charge in [-0.1, -0.05) is 13.3 Å². The van der Waals surface area contributed by atoms with Crippen molar-refractivity contribution in [2.24, 2.45) is 5.73 Å². The number of amides is 1. The Morgan fingerprint density at radius 2 is 1.86 bits per heavy atom. The maximum absolute atomic E-state index is 12.6. The predicted molar refractivity (Wildman–Crippen MR) is 86.8 cm³/mol. The van der Waals surface area contributed by atoms with E-state index in [1.54, 1.807) is 0 Å². The van der Waals surface area contributed by atoms with E-state index < -0.39 is 16.1 Å². The van der Waals surface area contributed by atoms with Gasteiger partial charge < -0.3 is 11.1 Å². The number of carbonyl (C=O) groups excluding carboxylic acids is 1. The highest BCUT2D eigenvalue weighted by atomic mass is 32.2. The van der Waals surface area contributed by atoms with Crippen LogP contribution in [-0.2, 0) is 14.8 Å². The van der Waals surface area contributed by atoms with Crippen molar-refractivity contribution in [2.75, 3.05) is 12.3 Å². The smallest absolute Gasteiger partial charge is 0.238 e. The number of hydrogen-bond acceptors (Lipinski definition) is 4. The predicted octanol–water partition coefficient (Wildman–Crippen LogP) is 0.967. The molecule has 7 heteroatoms. The molecule has 0 bridgehead atoms. The van der Waals surface area contributed by atoms with Crippen LogP contribution in [0.4, 0.5) is 0 Å². The van der Waals surface area contributed by atoms with Crippen molar-refractivity contribution < 1.29 is 13.2 Å². The van der Waals surface area contributed by atoms with Gasteiger partial charge in [-0.25, -0.2) is 8.42 Å². The normalized spacial score (nSPS) is 30.9. The van der Waals surface area contributed by atoms with Crippen LogP contribution in [0.5, 0.6) is 0 Å². The average molecular weight is 331 g/mol. The van der Waals surface area contributed by atoms with Crippen LogP contribution < -0.4 is 11.1 Å². The van der Waals surface area contributed by atoms with Crippen molar-refractivity contribution in [1.29, 1.82) is 0 Å². The maximum Gasteiger partial charge on any atom is 0.238 e. The number of piperidine rings is 1. The van der Waals surface area contributed by atoms with Gasteiger partial charge in [-0.2, -0.15) is 4.31 Å². The lowest BCUT2D eigenvalue weighted by Crippen LogP contribution is -2.54. The molecule has 1 aliphatic carbocycles. The molecule has 6 nitrogen and oxygen atoms in total. The first-order chi connectivity index (χ1) is 10.4. The van der Waals surface area contributed by atoms with E-state index in [1.165, 1.54) is 4.31 Å². The fraction of sp³-hybridized carbons (Fsp3) is 0.933. The Balaban J connectivity index is 1.99. The van der Waals surface area contributed by atoms with Crippen molar-refractivity contribution in [1.82, 2.24) is 9.62 Å². The molecule has 1 heterocycles. The number of nitrogens with zero attached hydrogens (tertiary/aromatic N) is 1. The topological polar surface area (TPSA) is 92.5 Å². The monoisotopic (exact) mass is 331 g/mol. The minimum atomic E-state index is -3.32. The largest absolute Gasteiger partial charge is 0.352 e. The molecule has 128 valence electrons. The zero-order chi connectivity index (χ0) is 16.2. The number of sulfonamides is 1. The van der Waals surface area contributed by atoms with Gasteiger partial charge in [0, 0.05) is 18.6 Å². The molecule has 1 saturated carbocycles. The van der Waals surface area contributed by atoms with Crippen molar-refractivity contribution in [3.05, 3.63) is 0 Å². The Kier molecular flexibility index (Phi) is 6.23.